The van der Waals surface area contributed by atoms with E-state index in [2.05, 4.69) is 24.3 Å². The van der Waals surface area contributed by atoms with Crippen LogP contribution < -0.4 is 0 Å². The van der Waals surface area contributed by atoms with Gasteiger partial charge >= 0.3 is 5.97 Å². The summed E-state index contributed by atoms with van der Waals surface area (Å²) in [5.74, 6) is 0.269. The summed E-state index contributed by atoms with van der Waals surface area (Å²) in [5, 5.41) is 9.54. The van der Waals surface area contributed by atoms with Crippen LogP contribution in [0.4, 0.5) is 0 Å². The molecule has 1 heterocycles. The van der Waals surface area contributed by atoms with Crippen LogP contribution in [0.5, 0.6) is 0 Å². The predicted molar refractivity (Wildman–Crippen MR) is 98.9 cm³/mol. The quantitative estimate of drug-likeness (QED) is 0.846. The Hall–Kier alpha value is -1.88. The van der Waals surface area contributed by atoms with Gasteiger partial charge in [0.05, 0.1) is 6.61 Å². The molecule has 5 nitrogen and oxygen atoms in total. The number of nitrogens with zero attached hydrogens (tertiary/aromatic N) is 1. The van der Waals surface area contributed by atoms with Gasteiger partial charge in [0.2, 0.25) is 5.91 Å². The van der Waals surface area contributed by atoms with Crippen molar-refractivity contribution in [2.75, 3.05) is 26.8 Å². The van der Waals surface area contributed by atoms with Gasteiger partial charge in [-0.25, -0.2) is 0 Å². The molecular formula is C21H29NO4. The molecule has 0 bridgehead atoms. The first-order chi connectivity index (χ1) is 12.5. The second kappa shape index (κ2) is 8.21. The van der Waals surface area contributed by atoms with E-state index in [0.717, 1.165) is 25.7 Å². The number of hydrogen-bond donors (Lipinski definition) is 1. The van der Waals surface area contributed by atoms with Crippen LogP contribution in [0.1, 0.15) is 50.0 Å². The van der Waals surface area contributed by atoms with Gasteiger partial charge in [0, 0.05) is 26.6 Å². The molecule has 142 valence electrons. The molecule has 2 aliphatic rings. The molecule has 1 aromatic carbocycles. The van der Waals surface area contributed by atoms with E-state index in [1.54, 1.807) is 4.90 Å². The van der Waals surface area contributed by atoms with Crippen molar-refractivity contribution in [3.63, 3.8) is 0 Å². The van der Waals surface area contributed by atoms with Crippen LogP contribution in [0, 0.1) is 11.3 Å². The average molecular weight is 359 g/mol. The molecule has 1 saturated heterocycles. The first-order valence-electron chi connectivity index (χ1n) is 9.59. The highest BCUT2D eigenvalue weighted by molar-refractivity contribution is 5.81. The summed E-state index contributed by atoms with van der Waals surface area (Å²) < 4.78 is 5.10. The third-order valence-electron chi connectivity index (χ3n) is 6.16. The van der Waals surface area contributed by atoms with Crippen LogP contribution in [-0.4, -0.2) is 48.7 Å². The molecular weight excluding hydrogens is 330 g/mol. The van der Waals surface area contributed by atoms with E-state index in [-0.39, 0.29) is 19.1 Å². The second-order valence-corrected chi connectivity index (χ2v) is 7.92. The van der Waals surface area contributed by atoms with Crippen molar-refractivity contribution < 1.29 is 19.4 Å². The maximum Gasteiger partial charge on any atom is 0.313 e. The molecule has 2 fully saturated rings. The lowest BCUT2D eigenvalue weighted by Crippen LogP contribution is -2.40. The number of carbonyl (C=O) groups excluding carboxylic acids is 1. The van der Waals surface area contributed by atoms with E-state index in [9.17, 15) is 14.7 Å². The summed E-state index contributed by atoms with van der Waals surface area (Å²) in [4.78, 5) is 26.0. The third-order valence-corrected chi connectivity index (χ3v) is 6.16. The molecule has 1 saturated carbocycles. The number of amides is 1. The van der Waals surface area contributed by atoms with Crippen LogP contribution >= 0.6 is 0 Å². The highest BCUT2D eigenvalue weighted by atomic mass is 16.5. The molecule has 3 rings (SSSR count). The molecule has 5 heteroatoms. The van der Waals surface area contributed by atoms with E-state index in [4.69, 9.17) is 4.74 Å². The molecule has 1 amide bonds. The van der Waals surface area contributed by atoms with Gasteiger partial charge in [-0.1, -0.05) is 30.3 Å². The van der Waals surface area contributed by atoms with Crippen molar-refractivity contribution in [2.45, 2.75) is 44.4 Å². The van der Waals surface area contributed by atoms with E-state index < -0.39 is 11.4 Å². The molecule has 1 N–H and O–H groups in total. The summed E-state index contributed by atoms with van der Waals surface area (Å²) in [6.45, 7) is 0.955. The minimum atomic E-state index is -0.935. The first kappa shape index (κ1) is 18.9. The summed E-state index contributed by atoms with van der Waals surface area (Å²) in [5.41, 5.74) is 0.470. The Balaban J connectivity index is 1.50. The van der Waals surface area contributed by atoms with Crippen LogP contribution in [0.15, 0.2) is 30.3 Å². The van der Waals surface area contributed by atoms with Crippen LogP contribution in [0.2, 0.25) is 0 Å². The van der Waals surface area contributed by atoms with E-state index >= 15 is 0 Å². The van der Waals surface area contributed by atoms with Crippen molar-refractivity contribution >= 4 is 11.9 Å². The Labute approximate surface area is 155 Å². The maximum absolute atomic E-state index is 12.7. The van der Waals surface area contributed by atoms with Gasteiger partial charge in [0.15, 0.2) is 0 Å². The minimum Gasteiger partial charge on any atom is -0.481 e. The zero-order chi connectivity index (χ0) is 18.6. The number of methoxy groups -OCH3 is 1. The van der Waals surface area contributed by atoms with Gasteiger partial charge in [0.1, 0.15) is 5.41 Å². The normalized spacial score (nSPS) is 28.9. The first-order valence-corrected chi connectivity index (χ1v) is 9.59. The number of carbonyl (C=O) groups is 2. The van der Waals surface area contributed by atoms with Crippen molar-refractivity contribution in [2.24, 2.45) is 11.3 Å². The Morgan fingerprint density at radius 3 is 2.50 bits per heavy atom. The Morgan fingerprint density at radius 2 is 1.88 bits per heavy atom. The number of ether oxygens (including phenoxy) is 1. The van der Waals surface area contributed by atoms with E-state index in [0.29, 0.717) is 31.2 Å². The lowest BCUT2D eigenvalue weighted by molar-refractivity contribution is -0.151. The summed E-state index contributed by atoms with van der Waals surface area (Å²) in [6, 6.07) is 10.6. The van der Waals surface area contributed by atoms with Crippen LogP contribution in [0.25, 0.3) is 0 Å². The number of aliphatic carboxylic acids is 1. The molecule has 1 unspecified atom stereocenters. The Kier molecular flexibility index (Phi) is 5.97. The number of benzene rings is 1. The zero-order valence-electron chi connectivity index (χ0n) is 15.5. The van der Waals surface area contributed by atoms with Crippen molar-refractivity contribution in [3.8, 4) is 0 Å². The largest absolute Gasteiger partial charge is 0.481 e. The Bertz CT molecular complexity index is 624. The van der Waals surface area contributed by atoms with Gasteiger partial charge < -0.3 is 14.7 Å². The number of likely N-dealkylation sites (tertiary alicyclic amines) is 1. The smallest absolute Gasteiger partial charge is 0.313 e. The lowest BCUT2D eigenvalue weighted by atomic mass is 9.77. The molecule has 1 aromatic rings. The van der Waals surface area contributed by atoms with Crippen molar-refractivity contribution in [1.29, 1.82) is 0 Å². The van der Waals surface area contributed by atoms with E-state index in [1.165, 1.54) is 12.7 Å². The van der Waals surface area contributed by atoms with Crippen LogP contribution in [-0.2, 0) is 14.3 Å². The Morgan fingerprint density at radius 1 is 1.19 bits per heavy atom. The number of carboxylic acid groups (broad SMARTS) is 1. The SMILES string of the molecule is COCC1(C(=O)O)CCN(C(=O)CC2CCC(c3ccccc3)CC2)C1. The average Bonchev–Trinajstić information content (AvgIpc) is 3.09. The molecule has 0 radical (unpaired) electrons. The minimum absolute atomic E-state index is 0.104. The van der Waals surface area contributed by atoms with Gasteiger partial charge in [-0.2, -0.15) is 0 Å². The van der Waals surface area contributed by atoms with Gasteiger partial charge in [-0.15, -0.1) is 0 Å². The van der Waals surface area contributed by atoms with Gasteiger partial charge in [-0.05, 0) is 49.5 Å². The fraction of sp³-hybridized carbons (Fsp3) is 0.619. The predicted octanol–water partition coefficient (Wildman–Crippen LogP) is 3.30. The van der Waals surface area contributed by atoms with Crippen molar-refractivity contribution in [3.05, 3.63) is 35.9 Å². The number of rotatable bonds is 6. The van der Waals surface area contributed by atoms with E-state index in [1.807, 2.05) is 6.07 Å². The monoisotopic (exact) mass is 359 g/mol. The molecule has 26 heavy (non-hydrogen) atoms. The second-order valence-electron chi connectivity index (χ2n) is 7.92. The number of hydrogen-bond acceptors (Lipinski definition) is 3. The fourth-order valence-electron chi connectivity index (χ4n) is 4.52. The highest BCUT2D eigenvalue weighted by Gasteiger charge is 2.46. The number of carboxylic acids is 1. The fourth-order valence-corrected chi connectivity index (χ4v) is 4.52. The summed E-state index contributed by atoms with van der Waals surface area (Å²) in [7, 11) is 1.51. The summed E-state index contributed by atoms with van der Waals surface area (Å²) in [6.07, 6.45) is 5.42. The molecule has 0 aromatic heterocycles. The maximum atomic E-state index is 12.7. The third kappa shape index (κ3) is 4.09. The van der Waals surface area contributed by atoms with Gasteiger partial charge in [-0.3, -0.25) is 9.59 Å². The lowest BCUT2D eigenvalue weighted by Gasteiger charge is -2.30. The van der Waals surface area contributed by atoms with Crippen molar-refractivity contribution in [1.82, 2.24) is 4.90 Å². The highest BCUT2D eigenvalue weighted by Crippen LogP contribution is 2.38. The summed E-state index contributed by atoms with van der Waals surface area (Å²) >= 11 is 0. The zero-order valence-corrected chi connectivity index (χ0v) is 15.5. The van der Waals surface area contributed by atoms with Gasteiger partial charge in [0.25, 0.3) is 0 Å². The topological polar surface area (TPSA) is 66.8 Å². The molecule has 1 aliphatic carbocycles. The molecule has 1 aliphatic heterocycles. The molecule has 1 atom stereocenters. The van der Waals surface area contributed by atoms with Crippen LogP contribution in [0.3, 0.4) is 0 Å². The standard InChI is InChI=1S/C21H29NO4/c1-26-15-21(20(24)25)11-12-22(14-21)19(23)13-16-7-9-18(10-8-16)17-5-3-2-4-6-17/h2-6,16,18H,7-15H2,1H3,(H,24,25). The molecule has 0 spiro atoms.